The fourth-order valence-electron chi connectivity index (χ4n) is 3.38. The van der Waals surface area contributed by atoms with Gasteiger partial charge in [0, 0.05) is 44.9 Å². The van der Waals surface area contributed by atoms with Crippen LogP contribution in [0.5, 0.6) is 0 Å². The molecule has 1 N–H and O–H groups in total. The minimum absolute atomic E-state index is 0.0761. The Balaban J connectivity index is 1.44. The molecule has 1 fully saturated rings. The van der Waals surface area contributed by atoms with Crippen LogP contribution >= 0.6 is 0 Å². The number of carbonyl (C=O) groups excluding carboxylic acids is 1. The van der Waals surface area contributed by atoms with Crippen LogP contribution in [0.25, 0.3) is 22.3 Å². The maximum atomic E-state index is 12.4. The summed E-state index contributed by atoms with van der Waals surface area (Å²) in [7, 11) is 3.55. The Morgan fingerprint density at radius 3 is 2.82 bits per heavy atom. The van der Waals surface area contributed by atoms with Gasteiger partial charge in [-0.1, -0.05) is 5.21 Å². The van der Waals surface area contributed by atoms with E-state index >= 15 is 0 Å². The van der Waals surface area contributed by atoms with Gasteiger partial charge in [-0.2, -0.15) is 0 Å². The van der Waals surface area contributed by atoms with Gasteiger partial charge in [-0.05, 0) is 25.0 Å². The zero-order valence-electron chi connectivity index (χ0n) is 16.0. The quantitative estimate of drug-likeness (QED) is 0.715. The van der Waals surface area contributed by atoms with Crippen LogP contribution in [0, 0.1) is 0 Å². The molecule has 1 aliphatic heterocycles. The number of nitrogens with zero attached hydrogens (tertiary/aromatic N) is 6. The van der Waals surface area contributed by atoms with E-state index in [2.05, 4.69) is 30.5 Å². The molecule has 0 atom stereocenters. The molecule has 4 heterocycles. The third-order valence-electron chi connectivity index (χ3n) is 4.94. The minimum atomic E-state index is -0.0761. The smallest absolute Gasteiger partial charge is 0.239 e. The van der Waals surface area contributed by atoms with E-state index in [4.69, 9.17) is 4.74 Å². The van der Waals surface area contributed by atoms with Crippen molar-refractivity contribution in [3.63, 3.8) is 0 Å². The topological polar surface area (TPSA) is 98.1 Å². The Bertz CT molecular complexity index is 979. The number of fused-ring (bicyclic) bond motifs is 1. The third kappa shape index (κ3) is 4.15. The molecule has 0 spiro atoms. The first kappa shape index (κ1) is 18.5. The first-order valence-electron chi connectivity index (χ1n) is 9.29. The fourth-order valence-corrected chi connectivity index (χ4v) is 3.38. The standard InChI is InChI=1S/C19H23N7O2/c1-25-11-17(23-24-25)15-4-3-13-10-20-18(9-16(13)21-15)22-19(27)12-26-7-5-14(28-2)6-8-26/h3-4,9-11,14H,5-8,12H2,1-2H3,(H,20,22,27). The summed E-state index contributed by atoms with van der Waals surface area (Å²) in [6.07, 6.45) is 5.73. The highest BCUT2D eigenvalue weighted by molar-refractivity contribution is 5.93. The SMILES string of the molecule is COC1CCN(CC(=O)Nc2cc3nc(-c4cn(C)nn4)ccc3cn2)CC1. The molecule has 0 aliphatic carbocycles. The van der Waals surface area contributed by atoms with E-state index in [9.17, 15) is 4.79 Å². The van der Waals surface area contributed by atoms with Gasteiger partial charge < -0.3 is 10.1 Å². The van der Waals surface area contributed by atoms with Crippen molar-refractivity contribution >= 4 is 22.6 Å². The average Bonchev–Trinajstić information content (AvgIpc) is 3.14. The van der Waals surface area contributed by atoms with Crippen molar-refractivity contribution in [2.75, 3.05) is 32.1 Å². The van der Waals surface area contributed by atoms with Gasteiger partial charge >= 0.3 is 0 Å². The molecule has 9 nitrogen and oxygen atoms in total. The van der Waals surface area contributed by atoms with E-state index in [1.807, 2.05) is 25.4 Å². The lowest BCUT2D eigenvalue weighted by Gasteiger charge is -2.30. The van der Waals surface area contributed by atoms with Crippen LogP contribution in [0.1, 0.15) is 12.8 Å². The number of ether oxygens (including phenoxy) is 1. The number of piperidine rings is 1. The van der Waals surface area contributed by atoms with Crippen LogP contribution < -0.4 is 5.32 Å². The van der Waals surface area contributed by atoms with E-state index < -0.39 is 0 Å². The summed E-state index contributed by atoms with van der Waals surface area (Å²) in [5.41, 5.74) is 2.17. The van der Waals surface area contributed by atoms with Gasteiger partial charge in [-0.3, -0.25) is 14.4 Å². The van der Waals surface area contributed by atoms with Crippen molar-refractivity contribution in [1.82, 2.24) is 29.9 Å². The predicted octanol–water partition coefficient (Wildman–Crippen LogP) is 1.47. The van der Waals surface area contributed by atoms with E-state index in [0.29, 0.717) is 24.2 Å². The molecule has 0 radical (unpaired) electrons. The zero-order chi connectivity index (χ0) is 19.5. The fraction of sp³-hybridized carbons (Fsp3) is 0.421. The predicted molar refractivity (Wildman–Crippen MR) is 105 cm³/mol. The molecular weight excluding hydrogens is 358 g/mol. The second-order valence-corrected chi connectivity index (χ2v) is 7.00. The Morgan fingerprint density at radius 1 is 1.29 bits per heavy atom. The number of aromatic nitrogens is 5. The highest BCUT2D eigenvalue weighted by Gasteiger charge is 2.20. The van der Waals surface area contributed by atoms with Crippen LogP contribution in [0.15, 0.2) is 30.6 Å². The molecule has 0 saturated carbocycles. The van der Waals surface area contributed by atoms with Gasteiger partial charge in [-0.25, -0.2) is 9.97 Å². The molecule has 1 amide bonds. The van der Waals surface area contributed by atoms with E-state index in [0.717, 1.165) is 42.5 Å². The molecular formula is C19H23N7O2. The number of methoxy groups -OCH3 is 1. The van der Waals surface area contributed by atoms with E-state index in [1.54, 1.807) is 24.1 Å². The van der Waals surface area contributed by atoms with Crippen LogP contribution in [0.3, 0.4) is 0 Å². The highest BCUT2D eigenvalue weighted by atomic mass is 16.5. The average molecular weight is 381 g/mol. The Labute approximate surface area is 162 Å². The summed E-state index contributed by atoms with van der Waals surface area (Å²) in [4.78, 5) is 23.5. The molecule has 146 valence electrons. The van der Waals surface area contributed by atoms with E-state index in [-0.39, 0.29) is 5.91 Å². The number of aryl methyl sites for hydroxylation is 1. The number of hydrogen-bond donors (Lipinski definition) is 1. The summed E-state index contributed by atoms with van der Waals surface area (Å²) < 4.78 is 7.00. The number of hydrogen-bond acceptors (Lipinski definition) is 7. The summed E-state index contributed by atoms with van der Waals surface area (Å²) in [6.45, 7) is 2.07. The maximum absolute atomic E-state index is 12.4. The number of anilines is 1. The van der Waals surface area contributed by atoms with E-state index in [1.165, 1.54) is 0 Å². The lowest BCUT2D eigenvalue weighted by molar-refractivity contribution is -0.117. The van der Waals surface area contributed by atoms with Crippen LogP contribution in [-0.2, 0) is 16.6 Å². The molecule has 1 aliphatic rings. The number of pyridine rings is 2. The number of rotatable bonds is 5. The van der Waals surface area contributed by atoms with Crippen LogP contribution in [0.2, 0.25) is 0 Å². The largest absolute Gasteiger partial charge is 0.381 e. The van der Waals surface area contributed by atoms with Gasteiger partial charge in [0.05, 0.1) is 30.1 Å². The molecule has 0 bridgehead atoms. The molecule has 0 aromatic carbocycles. The second-order valence-electron chi connectivity index (χ2n) is 7.00. The molecule has 1 saturated heterocycles. The lowest BCUT2D eigenvalue weighted by atomic mass is 10.1. The summed E-state index contributed by atoms with van der Waals surface area (Å²) >= 11 is 0. The molecule has 9 heteroatoms. The van der Waals surface area contributed by atoms with Gasteiger partial charge in [0.2, 0.25) is 5.91 Å². The van der Waals surface area contributed by atoms with Crippen molar-refractivity contribution in [3.05, 3.63) is 30.6 Å². The van der Waals surface area contributed by atoms with Gasteiger partial charge in [0.15, 0.2) is 0 Å². The third-order valence-corrected chi connectivity index (χ3v) is 4.94. The number of likely N-dealkylation sites (tertiary alicyclic amines) is 1. The first-order chi connectivity index (χ1) is 13.6. The minimum Gasteiger partial charge on any atom is -0.381 e. The molecule has 28 heavy (non-hydrogen) atoms. The van der Waals surface area contributed by atoms with Crippen molar-refractivity contribution < 1.29 is 9.53 Å². The lowest BCUT2D eigenvalue weighted by Crippen LogP contribution is -2.41. The molecule has 3 aromatic heterocycles. The Hall–Kier alpha value is -2.91. The van der Waals surface area contributed by atoms with Crippen molar-refractivity contribution in [1.29, 1.82) is 0 Å². The van der Waals surface area contributed by atoms with Gasteiger partial charge in [0.25, 0.3) is 0 Å². The molecule has 4 rings (SSSR count). The number of nitrogens with one attached hydrogen (secondary N) is 1. The van der Waals surface area contributed by atoms with Crippen molar-refractivity contribution in [2.24, 2.45) is 7.05 Å². The Morgan fingerprint density at radius 2 is 2.11 bits per heavy atom. The van der Waals surface area contributed by atoms with Gasteiger partial charge in [0.1, 0.15) is 11.5 Å². The maximum Gasteiger partial charge on any atom is 0.239 e. The van der Waals surface area contributed by atoms with Crippen LogP contribution in [-0.4, -0.2) is 68.6 Å². The molecule has 0 unspecified atom stereocenters. The summed E-state index contributed by atoms with van der Waals surface area (Å²) in [5, 5.41) is 11.8. The van der Waals surface area contributed by atoms with Crippen molar-refractivity contribution in [2.45, 2.75) is 18.9 Å². The van der Waals surface area contributed by atoms with Crippen LogP contribution in [0.4, 0.5) is 5.82 Å². The highest BCUT2D eigenvalue weighted by Crippen LogP contribution is 2.20. The molecule has 3 aromatic rings. The monoisotopic (exact) mass is 381 g/mol. The van der Waals surface area contributed by atoms with Crippen molar-refractivity contribution in [3.8, 4) is 11.4 Å². The zero-order valence-corrected chi connectivity index (χ0v) is 16.0. The summed E-state index contributed by atoms with van der Waals surface area (Å²) in [6, 6.07) is 5.60. The van der Waals surface area contributed by atoms with Gasteiger partial charge in [-0.15, -0.1) is 5.10 Å². The normalized spacial score (nSPS) is 15.8. The summed E-state index contributed by atoms with van der Waals surface area (Å²) in [5.74, 6) is 0.417. The second kappa shape index (κ2) is 7.99. The first-order valence-corrected chi connectivity index (χ1v) is 9.29. The Kier molecular flexibility index (Phi) is 5.27. The number of carbonyl (C=O) groups is 1. The number of amides is 1.